The first-order chi connectivity index (χ1) is 14.6. The summed E-state index contributed by atoms with van der Waals surface area (Å²) in [7, 11) is 6.81. The molecular formula is C25H34N2O4. The summed E-state index contributed by atoms with van der Waals surface area (Å²) >= 11 is 0. The quantitative estimate of drug-likeness (QED) is 0.701. The lowest BCUT2D eigenvalue weighted by atomic mass is 9.57. The van der Waals surface area contributed by atoms with Crippen molar-refractivity contribution in [1.29, 1.82) is 0 Å². The number of anilines is 2. The average molecular weight is 427 g/mol. The minimum atomic E-state index is -0.330. The van der Waals surface area contributed by atoms with E-state index in [0.29, 0.717) is 0 Å². The normalized spacial score (nSPS) is 19.4. The van der Waals surface area contributed by atoms with E-state index >= 15 is 0 Å². The van der Waals surface area contributed by atoms with Crippen LogP contribution in [0.2, 0.25) is 0 Å². The van der Waals surface area contributed by atoms with E-state index in [0.717, 1.165) is 58.3 Å². The monoisotopic (exact) mass is 426 g/mol. The molecule has 0 aliphatic carbocycles. The molecule has 2 aliphatic rings. The van der Waals surface area contributed by atoms with Gasteiger partial charge in [-0.1, -0.05) is 0 Å². The van der Waals surface area contributed by atoms with Crippen molar-refractivity contribution in [1.82, 2.24) is 0 Å². The summed E-state index contributed by atoms with van der Waals surface area (Å²) in [6.07, 6.45) is 1.77. The third-order valence-electron chi connectivity index (χ3n) is 6.45. The first-order valence-corrected chi connectivity index (χ1v) is 10.7. The number of fused-ring (bicyclic) bond motifs is 4. The Bertz CT molecular complexity index is 932. The molecule has 0 saturated heterocycles. The molecular weight excluding hydrogens is 392 g/mol. The van der Waals surface area contributed by atoms with Crippen LogP contribution in [0.3, 0.4) is 0 Å². The fourth-order valence-corrected chi connectivity index (χ4v) is 5.79. The minimum absolute atomic E-state index is 0.153. The lowest BCUT2D eigenvalue weighted by Crippen LogP contribution is -2.53. The number of hydrogen-bond donors (Lipinski definition) is 2. The molecule has 6 heteroatoms. The predicted molar refractivity (Wildman–Crippen MR) is 125 cm³/mol. The molecule has 0 saturated carbocycles. The van der Waals surface area contributed by atoms with Gasteiger partial charge in [-0.25, -0.2) is 0 Å². The molecule has 31 heavy (non-hydrogen) atoms. The van der Waals surface area contributed by atoms with Crippen LogP contribution in [-0.2, 0) is 5.41 Å². The first kappa shape index (κ1) is 21.5. The lowest BCUT2D eigenvalue weighted by molar-refractivity contribution is 0.261. The van der Waals surface area contributed by atoms with Gasteiger partial charge in [0, 0.05) is 63.3 Å². The van der Waals surface area contributed by atoms with Gasteiger partial charge in [0.25, 0.3) is 0 Å². The van der Waals surface area contributed by atoms with Crippen molar-refractivity contribution in [2.45, 2.75) is 57.0 Å². The molecule has 0 aromatic heterocycles. The Hall–Kier alpha value is -2.76. The fourth-order valence-electron chi connectivity index (χ4n) is 5.79. The van der Waals surface area contributed by atoms with Crippen LogP contribution in [-0.4, -0.2) is 39.5 Å². The summed E-state index contributed by atoms with van der Waals surface area (Å²) in [6.45, 7) is 8.98. The van der Waals surface area contributed by atoms with Gasteiger partial charge in [0.05, 0.1) is 28.4 Å². The SMILES string of the molecule is COc1cc2c(c(OC)c1)C1(CC(C)(C)N2)CC(C)(C)Nc2cc(OC)cc(OC)c21. The molecule has 0 bridgehead atoms. The van der Waals surface area contributed by atoms with Gasteiger partial charge in [0.15, 0.2) is 0 Å². The van der Waals surface area contributed by atoms with E-state index in [2.05, 4.69) is 50.5 Å². The van der Waals surface area contributed by atoms with Crippen molar-refractivity contribution in [3.63, 3.8) is 0 Å². The van der Waals surface area contributed by atoms with E-state index in [1.54, 1.807) is 28.4 Å². The Kier molecular flexibility index (Phi) is 4.95. The predicted octanol–water partition coefficient (Wildman–Crippen LogP) is 5.20. The molecule has 0 unspecified atom stereocenters. The third-order valence-corrected chi connectivity index (χ3v) is 6.45. The largest absolute Gasteiger partial charge is 0.497 e. The Morgan fingerprint density at radius 3 is 1.32 bits per heavy atom. The average Bonchev–Trinajstić information content (AvgIpc) is 2.69. The molecule has 2 aromatic rings. The fraction of sp³-hybridized carbons (Fsp3) is 0.520. The maximum atomic E-state index is 5.95. The molecule has 2 N–H and O–H groups in total. The zero-order valence-electron chi connectivity index (χ0n) is 19.9. The molecule has 1 spiro atoms. The highest BCUT2D eigenvalue weighted by molar-refractivity contribution is 5.77. The number of methoxy groups -OCH3 is 4. The van der Waals surface area contributed by atoms with Crippen LogP contribution in [0.4, 0.5) is 11.4 Å². The van der Waals surface area contributed by atoms with Crippen LogP contribution >= 0.6 is 0 Å². The zero-order chi connectivity index (χ0) is 22.6. The summed E-state index contributed by atoms with van der Waals surface area (Å²) in [5.74, 6) is 3.18. The second-order valence-corrected chi connectivity index (χ2v) is 9.96. The van der Waals surface area contributed by atoms with Crippen molar-refractivity contribution in [2.24, 2.45) is 0 Å². The molecule has 6 nitrogen and oxygen atoms in total. The summed E-state index contributed by atoms with van der Waals surface area (Å²) in [4.78, 5) is 0. The number of hydrogen-bond acceptors (Lipinski definition) is 6. The second kappa shape index (κ2) is 7.14. The maximum Gasteiger partial charge on any atom is 0.128 e. The van der Waals surface area contributed by atoms with Gasteiger partial charge in [-0.2, -0.15) is 0 Å². The molecule has 2 heterocycles. The Labute approximate surface area is 185 Å². The van der Waals surface area contributed by atoms with E-state index in [1.165, 1.54) is 0 Å². The topological polar surface area (TPSA) is 61.0 Å². The maximum absolute atomic E-state index is 5.95. The standard InChI is InChI=1S/C25H34N2O4/c1-23(2)13-25(21-17(26-23)9-15(28-5)11-19(21)30-7)14-24(3,4)27-18-10-16(29-6)12-20(31-8)22(18)25/h9-12,26-27H,13-14H2,1-8H3. The van der Waals surface area contributed by atoms with Gasteiger partial charge in [0.2, 0.25) is 0 Å². The Morgan fingerprint density at radius 1 is 0.613 bits per heavy atom. The molecule has 4 rings (SSSR count). The highest BCUT2D eigenvalue weighted by Crippen LogP contribution is 2.61. The minimum Gasteiger partial charge on any atom is -0.497 e. The van der Waals surface area contributed by atoms with Crippen molar-refractivity contribution in [3.05, 3.63) is 35.4 Å². The van der Waals surface area contributed by atoms with Gasteiger partial charge in [-0.3, -0.25) is 0 Å². The molecule has 0 atom stereocenters. The highest BCUT2D eigenvalue weighted by Gasteiger charge is 2.54. The smallest absolute Gasteiger partial charge is 0.128 e. The van der Waals surface area contributed by atoms with E-state index in [9.17, 15) is 0 Å². The number of ether oxygens (including phenoxy) is 4. The van der Waals surface area contributed by atoms with Gasteiger partial charge in [0.1, 0.15) is 23.0 Å². The van der Waals surface area contributed by atoms with E-state index in [4.69, 9.17) is 18.9 Å². The summed E-state index contributed by atoms with van der Waals surface area (Å²) in [5.41, 5.74) is 3.73. The lowest BCUT2D eigenvalue weighted by Gasteiger charge is -2.54. The first-order valence-electron chi connectivity index (χ1n) is 10.7. The van der Waals surface area contributed by atoms with Gasteiger partial charge < -0.3 is 29.6 Å². The molecule has 0 fully saturated rings. The Morgan fingerprint density at radius 2 is 1.00 bits per heavy atom. The van der Waals surface area contributed by atoms with E-state index < -0.39 is 0 Å². The van der Waals surface area contributed by atoms with E-state index in [-0.39, 0.29) is 16.5 Å². The zero-order valence-corrected chi connectivity index (χ0v) is 19.9. The molecule has 0 amide bonds. The van der Waals surface area contributed by atoms with Crippen LogP contribution in [0.15, 0.2) is 24.3 Å². The molecule has 0 radical (unpaired) electrons. The highest BCUT2D eigenvalue weighted by atomic mass is 16.5. The van der Waals surface area contributed by atoms with Crippen LogP contribution in [0.1, 0.15) is 51.7 Å². The molecule has 168 valence electrons. The summed E-state index contributed by atoms with van der Waals surface area (Å²) < 4.78 is 23.1. The van der Waals surface area contributed by atoms with Gasteiger partial charge >= 0.3 is 0 Å². The number of rotatable bonds is 4. The summed E-state index contributed by atoms with van der Waals surface area (Å²) in [5, 5.41) is 7.46. The Balaban J connectivity index is 2.12. The number of benzene rings is 2. The van der Waals surface area contributed by atoms with Crippen LogP contribution in [0.5, 0.6) is 23.0 Å². The van der Waals surface area contributed by atoms with Gasteiger partial charge in [-0.05, 0) is 40.5 Å². The van der Waals surface area contributed by atoms with Crippen LogP contribution < -0.4 is 29.6 Å². The third kappa shape index (κ3) is 3.42. The van der Waals surface area contributed by atoms with Crippen molar-refractivity contribution in [3.8, 4) is 23.0 Å². The molecule has 2 aromatic carbocycles. The van der Waals surface area contributed by atoms with E-state index in [1.807, 2.05) is 12.1 Å². The van der Waals surface area contributed by atoms with Crippen molar-refractivity contribution < 1.29 is 18.9 Å². The summed E-state index contributed by atoms with van der Waals surface area (Å²) in [6, 6.07) is 8.10. The molecule has 2 aliphatic heterocycles. The van der Waals surface area contributed by atoms with Crippen molar-refractivity contribution in [2.75, 3.05) is 39.1 Å². The van der Waals surface area contributed by atoms with Crippen molar-refractivity contribution >= 4 is 11.4 Å². The second-order valence-electron chi connectivity index (χ2n) is 9.96. The van der Waals surface area contributed by atoms with Crippen LogP contribution in [0, 0.1) is 0 Å². The number of nitrogens with one attached hydrogen (secondary N) is 2. The van der Waals surface area contributed by atoms with Gasteiger partial charge in [-0.15, -0.1) is 0 Å². The van der Waals surface area contributed by atoms with Crippen LogP contribution in [0.25, 0.3) is 0 Å².